The zero-order chi connectivity index (χ0) is 26.5. The summed E-state index contributed by atoms with van der Waals surface area (Å²) in [5, 5.41) is 14.0. The van der Waals surface area contributed by atoms with Crippen molar-refractivity contribution in [3.8, 4) is 0 Å². The molecular weight excluding hydrogens is 480 g/mol. The summed E-state index contributed by atoms with van der Waals surface area (Å²) in [5.41, 5.74) is 2.89. The molecule has 2 aromatic heterocycles. The molecule has 0 unspecified atom stereocenters. The van der Waals surface area contributed by atoms with Gasteiger partial charge in [-0.1, -0.05) is 36.4 Å². The number of anilines is 2. The Morgan fingerprint density at radius 3 is 2.61 bits per heavy atom. The summed E-state index contributed by atoms with van der Waals surface area (Å²) in [4.78, 5) is 40.9. The largest absolute Gasteiger partial charge is 0.395 e. The van der Waals surface area contributed by atoms with Crippen molar-refractivity contribution in [2.24, 2.45) is 0 Å². The number of H-pyrrole nitrogens is 1. The van der Waals surface area contributed by atoms with Crippen molar-refractivity contribution < 1.29 is 14.7 Å². The number of aromatic nitrogens is 3. The van der Waals surface area contributed by atoms with E-state index in [1.807, 2.05) is 64.5 Å². The maximum atomic E-state index is 13.6. The third-order valence-corrected chi connectivity index (χ3v) is 7.40. The minimum atomic E-state index is -0.324. The van der Waals surface area contributed by atoms with Crippen LogP contribution in [0.1, 0.15) is 35.7 Å². The van der Waals surface area contributed by atoms with Crippen molar-refractivity contribution in [1.29, 1.82) is 0 Å². The van der Waals surface area contributed by atoms with Gasteiger partial charge in [0.15, 0.2) is 0 Å². The Labute approximate surface area is 221 Å². The van der Waals surface area contributed by atoms with Gasteiger partial charge in [-0.3, -0.25) is 9.59 Å². The number of amides is 2. The van der Waals surface area contributed by atoms with E-state index in [0.717, 1.165) is 16.6 Å². The maximum Gasteiger partial charge on any atom is 0.253 e. The monoisotopic (exact) mass is 512 g/mol. The van der Waals surface area contributed by atoms with Gasteiger partial charge >= 0.3 is 0 Å². The van der Waals surface area contributed by atoms with E-state index in [9.17, 15) is 14.7 Å². The Balaban J connectivity index is 1.38. The molecular formula is C29H32N6O3. The normalized spacial score (nSPS) is 14.8. The summed E-state index contributed by atoms with van der Waals surface area (Å²) in [7, 11) is 0. The summed E-state index contributed by atoms with van der Waals surface area (Å²) in [6.45, 7) is 3.57. The number of rotatable bonds is 8. The predicted molar refractivity (Wildman–Crippen MR) is 146 cm³/mol. The quantitative estimate of drug-likeness (QED) is 0.333. The zero-order valence-electron chi connectivity index (χ0n) is 21.4. The molecule has 0 saturated carbocycles. The highest BCUT2D eigenvalue weighted by Gasteiger charge is 2.37. The molecule has 1 aliphatic rings. The van der Waals surface area contributed by atoms with Crippen molar-refractivity contribution >= 4 is 34.4 Å². The second-order valence-corrected chi connectivity index (χ2v) is 9.72. The summed E-state index contributed by atoms with van der Waals surface area (Å²) in [5.74, 6) is 0.547. The minimum absolute atomic E-state index is 0.0391. The van der Waals surface area contributed by atoms with Crippen LogP contribution >= 0.6 is 0 Å². The first-order chi connectivity index (χ1) is 18.5. The van der Waals surface area contributed by atoms with Crippen molar-refractivity contribution in [3.05, 3.63) is 84.3 Å². The first kappa shape index (κ1) is 25.4. The third-order valence-electron chi connectivity index (χ3n) is 7.40. The van der Waals surface area contributed by atoms with Gasteiger partial charge in [0.25, 0.3) is 5.91 Å². The van der Waals surface area contributed by atoms with E-state index in [1.165, 1.54) is 13.3 Å². The smallest absolute Gasteiger partial charge is 0.253 e. The summed E-state index contributed by atoms with van der Waals surface area (Å²) in [6.07, 6.45) is 4.72. The zero-order valence-corrected chi connectivity index (χ0v) is 21.4. The van der Waals surface area contributed by atoms with Crippen molar-refractivity contribution in [1.82, 2.24) is 25.2 Å². The van der Waals surface area contributed by atoms with Gasteiger partial charge in [-0.05, 0) is 42.7 Å². The summed E-state index contributed by atoms with van der Waals surface area (Å²) in [6, 6.07) is 19.5. The standard InChI is InChI=1S/C29H32N6O3/c1-21(37)30-14-17-35(27-25-10-13-31-26(25)32-20-33-27)24-9-5-6-22(18-24)28(38)34-15-11-29(19-36,12-16-34)23-7-3-2-4-8-23/h2-10,13,18,20,36H,11-12,14-17,19H2,1H3,(H,30,37)(H,31,32,33). The first-order valence-electron chi connectivity index (χ1n) is 12.9. The van der Waals surface area contributed by atoms with Crippen LogP contribution in [0.15, 0.2) is 73.2 Å². The van der Waals surface area contributed by atoms with Gasteiger partial charge in [-0.25, -0.2) is 9.97 Å². The molecule has 3 N–H and O–H groups in total. The number of aliphatic hydroxyl groups excluding tert-OH is 1. The molecule has 0 radical (unpaired) electrons. The Bertz CT molecular complexity index is 1410. The molecule has 9 nitrogen and oxygen atoms in total. The van der Waals surface area contributed by atoms with Gasteiger partial charge in [-0.15, -0.1) is 0 Å². The molecule has 2 amide bonds. The number of carbonyl (C=O) groups is 2. The molecule has 38 heavy (non-hydrogen) atoms. The molecule has 1 aliphatic heterocycles. The first-order valence-corrected chi connectivity index (χ1v) is 12.9. The number of hydrogen-bond donors (Lipinski definition) is 3. The van der Waals surface area contributed by atoms with Gasteiger partial charge in [0.2, 0.25) is 5.91 Å². The number of benzene rings is 2. The lowest BCUT2D eigenvalue weighted by atomic mass is 9.73. The van der Waals surface area contributed by atoms with Crippen LogP contribution < -0.4 is 10.2 Å². The number of piperidine rings is 1. The van der Waals surface area contributed by atoms with Crippen LogP contribution in [-0.4, -0.2) is 69.6 Å². The van der Waals surface area contributed by atoms with Crippen LogP contribution in [0.3, 0.4) is 0 Å². The third kappa shape index (κ3) is 5.10. The van der Waals surface area contributed by atoms with Gasteiger partial charge in [0, 0.05) is 56.0 Å². The highest BCUT2D eigenvalue weighted by Crippen LogP contribution is 2.36. The average Bonchev–Trinajstić information content (AvgIpc) is 3.45. The molecule has 9 heteroatoms. The molecule has 1 saturated heterocycles. The fraction of sp³-hybridized carbons (Fsp3) is 0.310. The number of aromatic amines is 1. The van der Waals surface area contributed by atoms with E-state index in [1.54, 1.807) is 0 Å². The fourth-order valence-electron chi connectivity index (χ4n) is 5.23. The Kier molecular flexibility index (Phi) is 7.37. The molecule has 0 aliphatic carbocycles. The second-order valence-electron chi connectivity index (χ2n) is 9.72. The van der Waals surface area contributed by atoms with E-state index in [4.69, 9.17) is 0 Å². The maximum absolute atomic E-state index is 13.6. The van der Waals surface area contributed by atoms with Crippen LogP contribution in [0.25, 0.3) is 11.0 Å². The number of aliphatic hydroxyl groups is 1. The van der Waals surface area contributed by atoms with Crippen LogP contribution in [-0.2, 0) is 10.2 Å². The number of carbonyl (C=O) groups excluding carboxylic acids is 2. The van der Waals surface area contributed by atoms with Gasteiger partial charge in [0.1, 0.15) is 17.8 Å². The molecule has 5 rings (SSSR count). The number of nitrogens with one attached hydrogen (secondary N) is 2. The van der Waals surface area contributed by atoms with Gasteiger partial charge < -0.3 is 25.2 Å². The Hall–Kier alpha value is -4.24. The van der Waals surface area contributed by atoms with E-state index in [2.05, 4.69) is 32.4 Å². The van der Waals surface area contributed by atoms with Crippen LogP contribution in [0.4, 0.5) is 11.5 Å². The molecule has 196 valence electrons. The molecule has 0 spiro atoms. The van der Waals surface area contributed by atoms with Crippen molar-refractivity contribution in [3.63, 3.8) is 0 Å². The molecule has 0 atom stereocenters. The molecule has 2 aromatic carbocycles. The number of fused-ring (bicyclic) bond motifs is 1. The number of hydrogen-bond acceptors (Lipinski definition) is 6. The van der Waals surface area contributed by atoms with Crippen LogP contribution in [0.5, 0.6) is 0 Å². The SMILES string of the molecule is CC(=O)NCCN(c1cccc(C(=O)N2CCC(CO)(c3ccccc3)CC2)c1)c1ncnc2[nH]ccc12. The molecule has 4 aromatic rings. The van der Waals surface area contributed by atoms with E-state index in [0.29, 0.717) is 56.0 Å². The Morgan fingerprint density at radius 1 is 1.08 bits per heavy atom. The van der Waals surface area contributed by atoms with Gasteiger partial charge in [0.05, 0.1) is 12.0 Å². The van der Waals surface area contributed by atoms with Crippen LogP contribution in [0.2, 0.25) is 0 Å². The number of likely N-dealkylation sites (tertiary alicyclic amines) is 1. The molecule has 1 fully saturated rings. The van der Waals surface area contributed by atoms with Crippen molar-refractivity contribution in [2.45, 2.75) is 25.2 Å². The highest BCUT2D eigenvalue weighted by molar-refractivity contribution is 5.96. The van der Waals surface area contributed by atoms with Gasteiger partial charge in [-0.2, -0.15) is 0 Å². The topological polar surface area (TPSA) is 114 Å². The predicted octanol–water partition coefficient (Wildman–Crippen LogP) is 3.40. The Morgan fingerprint density at radius 2 is 1.87 bits per heavy atom. The molecule has 0 bridgehead atoms. The lowest BCUT2D eigenvalue weighted by Crippen LogP contribution is -2.47. The average molecular weight is 513 g/mol. The lowest BCUT2D eigenvalue weighted by molar-refractivity contribution is -0.118. The minimum Gasteiger partial charge on any atom is -0.395 e. The fourth-order valence-corrected chi connectivity index (χ4v) is 5.23. The highest BCUT2D eigenvalue weighted by atomic mass is 16.3. The lowest BCUT2D eigenvalue weighted by Gasteiger charge is -2.41. The second kappa shape index (κ2) is 11.0. The molecule has 3 heterocycles. The van der Waals surface area contributed by atoms with Crippen LogP contribution in [0, 0.1) is 0 Å². The summed E-state index contributed by atoms with van der Waals surface area (Å²) >= 11 is 0. The van der Waals surface area contributed by atoms with E-state index < -0.39 is 0 Å². The number of nitrogens with zero attached hydrogens (tertiary/aromatic N) is 4. The van der Waals surface area contributed by atoms with Crippen molar-refractivity contribution in [2.75, 3.05) is 37.7 Å². The van der Waals surface area contributed by atoms with E-state index >= 15 is 0 Å². The van der Waals surface area contributed by atoms with E-state index in [-0.39, 0.29) is 23.8 Å². The summed E-state index contributed by atoms with van der Waals surface area (Å²) < 4.78 is 0.